The molecule has 0 aliphatic rings. The van der Waals surface area contributed by atoms with E-state index in [1.807, 2.05) is 12.1 Å². The Morgan fingerprint density at radius 3 is 2.61 bits per heavy atom. The summed E-state index contributed by atoms with van der Waals surface area (Å²) in [6.45, 7) is 2.15. The van der Waals surface area contributed by atoms with E-state index in [0.717, 1.165) is 10.6 Å². The molecule has 146 valence electrons. The third-order valence-electron chi connectivity index (χ3n) is 4.27. The first-order valence-corrected chi connectivity index (χ1v) is 9.56. The van der Waals surface area contributed by atoms with Crippen molar-refractivity contribution >= 4 is 17.2 Å². The fraction of sp³-hybridized carbons (Fsp3) is 0.238. The summed E-state index contributed by atoms with van der Waals surface area (Å²) in [5.74, 6) is 0.758. The Morgan fingerprint density at radius 2 is 1.89 bits per heavy atom. The van der Waals surface area contributed by atoms with Crippen molar-refractivity contribution in [2.45, 2.75) is 13.3 Å². The molecule has 0 unspecified atom stereocenters. The first-order chi connectivity index (χ1) is 13.5. The molecule has 5 nitrogen and oxygen atoms in total. The van der Waals surface area contributed by atoms with Gasteiger partial charge in [-0.3, -0.25) is 4.79 Å². The largest absolute Gasteiger partial charge is 0.493 e. The molecule has 0 radical (unpaired) electrons. The highest BCUT2D eigenvalue weighted by Crippen LogP contribution is 2.34. The average molecular weight is 400 g/mol. The van der Waals surface area contributed by atoms with E-state index in [-0.39, 0.29) is 11.7 Å². The number of methoxy groups -OCH3 is 2. The number of aryl methyl sites for hydroxylation is 1. The van der Waals surface area contributed by atoms with Gasteiger partial charge >= 0.3 is 0 Å². The van der Waals surface area contributed by atoms with Gasteiger partial charge in [0, 0.05) is 12.1 Å². The Bertz CT molecular complexity index is 988. The van der Waals surface area contributed by atoms with E-state index in [2.05, 4.69) is 10.3 Å². The molecule has 2 aromatic carbocycles. The molecule has 0 atom stereocenters. The van der Waals surface area contributed by atoms with Gasteiger partial charge in [-0.1, -0.05) is 18.2 Å². The average Bonchev–Trinajstić information content (AvgIpc) is 3.10. The van der Waals surface area contributed by atoms with Crippen LogP contribution in [-0.2, 0) is 6.42 Å². The van der Waals surface area contributed by atoms with E-state index in [9.17, 15) is 9.18 Å². The number of rotatable bonds is 7. The molecule has 1 heterocycles. The summed E-state index contributed by atoms with van der Waals surface area (Å²) in [5.41, 5.74) is 2.07. The van der Waals surface area contributed by atoms with Crippen molar-refractivity contribution in [2.75, 3.05) is 20.8 Å². The number of hydrogen-bond acceptors (Lipinski definition) is 5. The fourth-order valence-corrected chi connectivity index (χ4v) is 3.77. The number of halogens is 1. The zero-order valence-electron chi connectivity index (χ0n) is 15.9. The Kier molecular flexibility index (Phi) is 6.26. The second kappa shape index (κ2) is 8.84. The number of benzene rings is 2. The first-order valence-electron chi connectivity index (χ1n) is 8.75. The van der Waals surface area contributed by atoms with Crippen molar-refractivity contribution in [1.29, 1.82) is 0 Å². The minimum Gasteiger partial charge on any atom is -0.493 e. The van der Waals surface area contributed by atoms with Gasteiger partial charge in [-0.15, -0.1) is 11.3 Å². The molecule has 1 amide bonds. The molecule has 28 heavy (non-hydrogen) atoms. The quantitative estimate of drug-likeness (QED) is 0.644. The van der Waals surface area contributed by atoms with Crippen molar-refractivity contribution in [3.63, 3.8) is 0 Å². The normalized spacial score (nSPS) is 10.6. The van der Waals surface area contributed by atoms with Crippen LogP contribution >= 0.6 is 11.3 Å². The third-order valence-corrected chi connectivity index (χ3v) is 5.48. The van der Waals surface area contributed by atoms with Gasteiger partial charge < -0.3 is 14.8 Å². The van der Waals surface area contributed by atoms with Crippen LogP contribution in [-0.4, -0.2) is 31.7 Å². The molecule has 1 N–H and O–H groups in total. The van der Waals surface area contributed by atoms with E-state index in [4.69, 9.17) is 9.47 Å². The molecule has 0 aliphatic heterocycles. The standard InChI is InChI=1S/C21H21FN2O3S/c1-13-19(20(25)23-11-10-14-6-4-5-7-16(14)22)28-21(24-13)15-8-9-17(26-2)18(12-15)27-3/h4-9,12H,10-11H2,1-3H3,(H,23,25). The summed E-state index contributed by atoms with van der Waals surface area (Å²) in [5, 5.41) is 3.56. The minimum atomic E-state index is -0.263. The number of nitrogens with one attached hydrogen (secondary N) is 1. The molecular weight excluding hydrogens is 379 g/mol. The Labute approximate surface area is 167 Å². The highest BCUT2D eigenvalue weighted by atomic mass is 32.1. The molecule has 0 saturated heterocycles. The lowest BCUT2D eigenvalue weighted by atomic mass is 10.1. The van der Waals surface area contributed by atoms with E-state index >= 15 is 0 Å². The molecule has 0 bridgehead atoms. The van der Waals surface area contributed by atoms with Gasteiger partial charge in [0.2, 0.25) is 0 Å². The maximum absolute atomic E-state index is 13.7. The SMILES string of the molecule is COc1ccc(-c2nc(C)c(C(=O)NCCc3ccccc3F)s2)cc1OC. The van der Waals surface area contributed by atoms with Crippen LogP contribution in [0.4, 0.5) is 4.39 Å². The van der Waals surface area contributed by atoms with Crippen molar-refractivity contribution < 1.29 is 18.7 Å². The predicted octanol–water partition coefficient (Wildman–Crippen LogP) is 4.25. The second-order valence-electron chi connectivity index (χ2n) is 6.10. The number of nitrogens with zero attached hydrogens (tertiary/aromatic N) is 1. The number of thiazole rings is 1. The van der Waals surface area contributed by atoms with E-state index < -0.39 is 0 Å². The van der Waals surface area contributed by atoms with Gasteiger partial charge in [0.05, 0.1) is 19.9 Å². The molecule has 0 aliphatic carbocycles. The lowest BCUT2D eigenvalue weighted by Gasteiger charge is -2.08. The van der Waals surface area contributed by atoms with Crippen LogP contribution in [0.5, 0.6) is 11.5 Å². The molecule has 3 rings (SSSR count). The number of carbonyl (C=O) groups is 1. The van der Waals surface area contributed by atoms with Gasteiger partial charge in [-0.05, 0) is 43.2 Å². The zero-order valence-corrected chi connectivity index (χ0v) is 16.7. The lowest BCUT2D eigenvalue weighted by molar-refractivity contribution is 0.0957. The fourth-order valence-electron chi connectivity index (χ4n) is 2.79. The number of hydrogen-bond donors (Lipinski definition) is 1. The Balaban J connectivity index is 1.71. The topological polar surface area (TPSA) is 60.5 Å². The van der Waals surface area contributed by atoms with Crippen LogP contribution in [0.3, 0.4) is 0 Å². The summed E-state index contributed by atoms with van der Waals surface area (Å²) < 4.78 is 24.2. The van der Waals surface area contributed by atoms with Crippen molar-refractivity contribution in [2.24, 2.45) is 0 Å². The summed E-state index contributed by atoms with van der Waals surface area (Å²) >= 11 is 1.31. The highest BCUT2D eigenvalue weighted by Gasteiger charge is 2.17. The Morgan fingerprint density at radius 1 is 1.14 bits per heavy atom. The third kappa shape index (κ3) is 4.31. The van der Waals surface area contributed by atoms with Gasteiger partial charge in [-0.2, -0.15) is 0 Å². The Hall–Kier alpha value is -2.93. The van der Waals surface area contributed by atoms with Crippen LogP contribution in [0.1, 0.15) is 20.9 Å². The summed E-state index contributed by atoms with van der Waals surface area (Å²) in [7, 11) is 3.15. The van der Waals surface area contributed by atoms with E-state index in [1.165, 1.54) is 17.4 Å². The molecular formula is C21H21FN2O3S. The molecule has 0 fully saturated rings. The van der Waals surface area contributed by atoms with Gasteiger partial charge in [0.25, 0.3) is 5.91 Å². The highest BCUT2D eigenvalue weighted by molar-refractivity contribution is 7.17. The van der Waals surface area contributed by atoms with Crippen molar-refractivity contribution in [3.8, 4) is 22.1 Å². The smallest absolute Gasteiger partial charge is 0.263 e. The molecule has 0 spiro atoms. The minimum absolute atomic E-state index is 0.210. The van der Waals surface area contributed by atoms with E-state index in [0.29, 0.717) is 40.6 Å². The zero-order chi connectivity index (χ0) is 20.1. The van der Waals surface area contributed by atoms with Gasteiger partial charge in [-0.25, -0.2) is 9.37 Å². The maximum atomic E-state index is 13.7. The van der Waals surface area contributed by atoms with Crippen LogP contribution in [0, 0.1) is 12.7 Å². The van der Waals surface area contributed by atoms with Gasteiger partial charge in [0.1, 0.15) is 15.7 Å². The van der Waals surface area contributed by atoms with Crippen LogP contribution in [0.15, 0.2) is 42.5 Å². The maximum Gasteiger partial charge on any atom is 0.263 e. The number of ether oxygens (including phenoxy) is 2. The summed E-state index contributed by atoms with van der Waals surface area (Å²) in [6, 6.07) is 12.1. The van der Waals surface area contributed by atoms with Crippen molar-refractivity contribution in [3.05, 3.63) is 64.4 Å². The monoisotopic (exact) mass is 400 g/mol. The van der Waals surface area contributed by atoms with Crippen LogP contribution in [0.25, 0.3) is 10.6 Å². The number of carbonyl (C=O) groups excluding carboxylic acids is 1. The van der Waals surface area contributed by atoms with Gasteiger partial charge in [0.15, 0.2) is 11.5 Å². The molecule has 0 saturated carbocycles. The van der Waals surface area contributed by atoms with Crippen LogP contribution in [0.2, 0.25) is 0 Å². The second-order valence-corrected chi connectivity index (χ2v) is 7.10. The van der Waals surface area contributed by atoms with Crippen LogP contribution < -0.4 is 14.8 Å². The predicted molar refractivity (Wildman–Crippen MR) is 108 cm³/mol. The molecule has 1 aromatic heterocycles. The molecule has 3 aromatic rings. The number of amides is 1. The lowest BCUT2D eigenvalue weighted by Crippen LogP contribution is -2.25. The van der Waals surface area contributed by atoms with E-state index in [1.54, 1.807) is 45.4 Å². The number of aromatic nitrogens is 1. The summed E-state index contributed by atoms with van der Waals surface area (Å²) in [4.78, 5) is 17.6. The van der Waals surface area contributed by atoms with Crippen molar-refractivity contribution in [1.82, 2.24) is 10.3 Å². The molecule has 7 heteroatoms. The first kappa shape index (κ1) is 19.8. The summed E-state index contributed by atoms with van der Waals surface area (Å²) in [6.07, 6.45) is 0.429.